The maximum absolute atomic E-state index is 12.4. The van der Waals surface area contributed by atoms with Crippen LogP contribution >= 0.6 is 0 Å². The van der Waals surface area contributed by atoms with Crippen molar-refractivity contribution >= 4 is 11.8 Å². The zero-order chi connectivity index (χ0) is 20.6. The highest BCUT2D eigenvalue weighted by atomic mass is 16.2. The number of carbonyl (C=O) groups excluding carboxylic acids is 2. The molecule has 29 heavy (non-hydrogen) atoms. The van der Waals surface area contributed by atoms with E-state index in [0.29, 0.717) is 19.6 Å². The zero-order valence-electron chi connectivity index (χ0n) is 17.4. The van der Waals surface area contributed by atoms with Gasteiger partial charge in [0, 0.05) is 25.3 Å². The molecule has 1 unspecified atom stereocenters. The van der Waals surface area contributed by atoms with Crippen molar-refractivity contribution < 1.29 is 9.59 Å². The van der Waals surface area contributed by atoms with E-state index in [0.717, 1.165) is 37.3 Å². The molecule has 1 aromatic heterocycles. The van der Waals surface area contributed by atoms with Gasteiger partial charge in [-0.15, -0.1) is 0 Å². The van der Waals surface area contributed by atoms with E-state index in [1.54, 1.807) is 0 Å². The molecule has 0 spiro atoms. The first kappa shape index (κ1) is 21.0. The number of hydrogen-bond acceptors (Lipinski definition) is 4. The largest absolute Gasteiger partial charge is 0.354 e. The maximum atomic E-state index is 12.4. The summed E-state index contributed by atoms with van der Waals surface area (Å²) < 4.78 is 1.89. The molecule has 1 aliphatic rings. The molecule has 7 heteroatoms. The lowest BCUT2D eigenvalue weighted by molar-refractivity contribution is -0.133. The van der Waals surface area contributed by atoms with Gasteiger partial charge in [-0.3, -0.25) is 19.2 Å². The van der Waals surface area contributed by atoms with E-state index in [4.69, 9.17) is 0 Å². The Morgan fingerprint density at radius 3 is 2.76 bits per heavy atom. The number of rotatable bonds is 9. The van der Waals surface area contributed by atoms with E-state index >= 15 is 0 Å². The quantitative estimate of drug-likeness (QED) is 0.671. The maximum Gasteiger partial charge on any atom is 0.237 e. The number of nitrogens with one attached hydrogen (secondary N) is 2. The van der Waals surface area contributed by atoms with E-state index in [9.17, 15) is 9.59 Å². The Morgan fingerprint density at radius 1 is 1.24 bits per heavy atom. The molecule has 0 radical (unpaired) electrons. The Balaban J connectivity index is 1.46. The number of aromatic nitrogens is 2. The lowest BCUT2D eigenvalue weighted by atomic mass is 10.1. The smallest absolute Gasteiger partial charge is 0.237 e. The van der Waals surface area contributed by atoms with Crippen LogP contribution in [0.2, 0.25) is 0 Å². The van der Waals surface area contributed by atoms with E-state index in [1.165, 1.54) is 5.56 Å². The van der Waals surface area contributed by atoms with Gasteiger partial charge in [0.15, 0.2) is 0 Å². The van der Waals surface area contributed by atoms with Gasteiger partial charge in [-0.05, 0) is 44.9 Å². The third-order valence-electron chi connectivity index (χ3n) is 5.32. The van der Waals surface area contributed by atoms with Crippen LogP contribution in [-0.2, 0) is 22.6 Å². The van der Waals surface area contributed by atoms with Crippen molar-refractivity contribution in [1.29, 1.82) is 0 Å². The van der Waals surface area contributed by atoms with Gasteiger partial charge >= 0.3 is 0 Å². The molecule has 2 aromatic rings. The zero-order valence-corrected chi connectivity index (χ0v) is 17.4. The second-order valence-corrected chi connectivity index (χ2v) is 7.64. The van der Waals surface area contributed by atoms with Gasteiger partial charge in [0.05, 0.1) is 24.7 Å². The standard InChI is InChI=1S/C22H31N5O2/c1-17-15-18(2)27(25-17)14-11-23-21(28)16-20-22(29)24-10-13-26(20)12-6-9-19-7-4-3-5-8-19/h3-5,7-8,15,20H,6,9-14,16H2,1-2H3,(H,23,28)(H,24,29). The topological polar surface area (TPSA) is 79.3 Å². The molecule has 1 saturated heterocycles. The molecule has 2 N–H and O–H groups in total. The summed E-state index contributed by atoms with van der Waals surface area (Å²) >= 11 is 0. The van der Waals surface area contributed by atoms with Gasteiger partial charge in [0.25, 0.3) is 0 Å². The molecule has 2 heterocycles. The predicted octanol–water partition coefficient (Wildman–Crippen LogP) is 1.44. The minimum absolute atomic E-state index is 0.0512. The minimum atomic E-state index is -0.395. The van der Waals surface area contributed by atoms with Crippen LogP contribution in [0.3, 0.4) is 0 Å². The van der Waals surface area contributed by atoms with Crippen molar-refractivity contribution in [3.63, 3.8) is 0 Å². The Kier molecular flexibility index (Phi) is 7.41. The van der Waals surface area contributed by atoms with Gasteiger partial charge in [0.2, 0.25) is 11.8 Å². The van der Waals surface area contributed by atoms with E-state index in [1.807, 2.05) is 42.8 Å². The minimum Gasteiger partial charge on any atom is -0.354 e. The Labute approximate surface area is 172 Å². The van der Waals surface area contributed by atoms with Crippen LogP contribution < -0.4 is 10.6 Å². The molecule has 156 valence electrons. The molecule has 0 saturated carbocycles. The second-order valence-electron chi connectivity index (χ2n) is 7.64. The number of amides is 2. The average Bonchev–Trinajstić information content (AvgIpc) is 3.02. The summed E-state index contributed by atoms with van der Waals surface area (Å²) in [5.74, 6) is -0.147. The Bertz CT molecular complexity index is 818. The first-order valence-electron chi connectivity index (χ1n) is 10.4. The number of nitrogens with zero attached hydrogens (tertiary/aromatic N) is 3. The third kappa shape index (κ3) is 6.15. The van der Waals surface area contributed by atoms with Crippen LogP contribution in [0.4, 0.5) is 0 Å². The van der Waals surface area contributed by atoms with Gasteiger partial charge < -0.3 is 10.6 Å². The van der Waals surface area contributed by atoms with E-state index < -0.39 is 6.04 Å². The fourth-order valence-corrected chi connectivity index (χ4v) is 3.83. The summed E-state index contributed by atoms with van der Waals surface area (Å²) in [6, 6.07) is 12.0. The molecule has 3 rings (SSSR count). The number of carbonyl (C=O) groups is 2. The number of benzene rings is 1. The van der Waals surface area contributed by atoms with Gasteiger partial charge in [-0.1, -0.05) is 30.3 Å². The highest BCUT2D eigenvalue weighted by Gasteiger charge is 2.31. The SMILES string of the molecule is Cc1cc(C)n(CCNC(=O)CC2C(=O)NCCN2CCCc2ccccc2)n1. The van der Waals surface area contributed by atoms with Gasteiger partial charge in [-0.2, -0.15) is 5.10 Å². The van der Waals surface area contributed by atoms with Gasteiger partial charge in [0.1, 0.15) is 0 Å². The lowest BCUT2D eigenvalue weighted by Crippen LogP contribution is -2.56. The molecular weight excluding hydrogens is 366 g/mol. The summed E-state index contributed by atoms with van der Waals surface area (Å²) in [6.07, 6.45) is 2.13. The highest BCUT2D eigenvalue weighted by molar-refractivity contribution is 5.88. The summed E-state index contributed by atoms with van der Waals surface area (Å²) in [6.45, 7) is 7.32. The first-order valence-corrected chi connectivity index (χ1v) is 10.4. The van der Waals surface area contributed by atoms with E-state index in [-0.39, 0.29) is 18.2 Å². The van der Waals surface area contributed by atoms with Crippen molar-refractivity contribution in [2.24, 2.45) is 0 Å². The molecule has 2 amide bonds. The number of aryl methyl sites for hydroxylation is 3. The van der Waals surface area contributed by atoms with Crippen LogP contribution in [0.5, 0.6) is 0 Å². The van der Waals surface area contributed by atoms with Crippen molar-refractivity contribution in [2.45, 2.75) is 45.7 Å². The van der Waals surface area contributed by atoms with Crippen LogP contribution in [0.15, 0.2) is 36.4 Å². The van der Waals surface area contributed by atoms with Crippen LogP contribution in [0.1, 0.15) is 29.8 Å². The normalized spacial score (nSPS) is 17.2. The Hall–Kier alpha value is -2.67. The molecule has 0 bridgehead atoms. The van der Waals surface area contributed by atoms with Crippen LogP contribution in [-0.4, -0.2) is 58.7 Å². The average molecular weight is 398 g/mol. The molecule has 1 atom stereocenters. The summed E-state index contributed by atoms with van der Waals surface area (Å²) in [5, 5.41) is 10.2. The monoisotopic (exact) mass is 397 g/mol. The first-order chi connectivity index (χ1) is 14.0. The van der Waals surface area contributed by atoms with Crippen molar-refractivity contribution in [3.8, 4) is 0 Å². The fraction of sp³-hybridized carbons (Fsp3) is 0.500. The van der Waals surface area contributed by atoms with Crippen molar-refractivity contribution in [1.82, 2.24) is 25.3 Å². The second kappa shape index (κ2) is 10.2. The summed E-state index contributed by atoms with van der Waals surface area (Å²) in [5.41, 5.74) is 3.35. The summed E-state index contributed by atoms with van der Waals surface area (Å²) in [4.78, 5) is 26.9. The van der Waals surface area contributed by atoms with Crippen LogP contribution in [0, 0.1) is 13.8 Å². The number of piperazine rings is 1. The molecule has 1 fully saturated rings. The molecule has 1 aliphatic heterocycles. The highest BCUT2D eigenvalue weighted by Crippen LogP contribution is 2.11. The lowest BCUT2D eigenvalue weighted by Gasteiger charge is -2.34. The predicted molar refractivity (Wildman–Crippen MR) is 112 cm³/mol. The van der Waals surface area contributed by atoms with Crippen LogP contribution in [0.25, 0.3) is 0 Å². The number of hydrogen-bond donors (Lipinski definition) is 2. The van der Waals surface area contributed by atoms with Crippen molar-refractivity contribution in [2.75, 3.05) is 26.2 Å². The molecule has 7 nitrogen and oxygen atoms in total. The Morgan fingerprint density at radius 2 is 2.03 bits per heavy atom. The van der Waals surface area contributed by atoms with E-state index in [2.05, 4.69) is 32.8 Å². The fourth-order valence-electron chi connectivity index (χ4n) is 3.83. The third-order valence-corrected chi connectivity index (χ3v) is 5.32. The molecule has 0 aliphatic carbocycles. The molecular formula is C22H31N5O2. The molecule has 1 aromatic carbocycles. The van der Waals surface area contributed by atoms with Crippen molar-refractivity contribution in [3.05, 3.63) is 53.3 Å². The van der Waals surface area contributed by atoms with Gasteiger partial charge in [-0.25, -0.2) is 0 Å². The summed E-state index contributed by atoms with van der Waals surface area (Å²) in [7, 11) is 0.